The molecule has 1 unspecified atom stereocenters. The Morgan fingerprint density at radius 3 is 2.45 bits per heavy atom. The van der Waals surface area contributed by atoms with Crippen LogP contribution in [0.4, 0.5) is 0 Å². The fraction of sp³-hybridized carbons (Fsp3) is 0.941. The molecule has 0 aromatic carbocycles. The highest BCUT2D eigenvalue weighted by molar-refractivity contribution is 5.77. The Balaban J connectivity index is 2.34. The van der Waals surface area contributed by atoms with Crippen molar-refractivity contribution in [1.82, 2.24) is 10.6 Å². The van der Waals surface area contributed by atoms with E-state index in [1.165, 1.54) is 38.5 Å². The average Bonchev–Trinajstić information content (AvgIpc) is 2.48. The summed E-state index contributed by atoms with van der Waals surface area (Å²) in [6.07, 6.45) is 11.7. The van der Waals surface area contributed by atoms with Gasteiger partial charge >= 0.3 is 0 Å². The van der Waals surface area contributed by atoms with Crippen LogP contribution in [0, 0.1) is 5.92 Å². The third-order valence-corrected chi connectivity index (χ3v) is 4.97. The van der Waals surface area contributed by atoms with E-state index < -0.39 is 0 Å². The minimum absolute atomic E-state index is 0.0630. The smallest absolute Gasteiger partial charge is 0.221 e. The molecule has 2 N–H and O–H groups in total. The molecule has 0 radical (unpaired) electrons. The summed E-state index contributed by atoms with van der Waals surface area (Å²) in [5, 5.41) is 6.59. The highest BCUT2D eigenvalue weighted by atomic mass is 16.1. The topological polar surface area (TPSA) is 41.1 Å². The predicted octanol–water partition coefficient (Wildman–Crippen LogP) is 3.63. The molecule has 1 amide bonds. The molecule has 0 aromatic rings. The zero-order valence-corrected chi connectivity index (χ0v) is 13.8. The normalized spacial score (nSPS) is 19.6. The van der Waals surface area contributed by atoms with E-state index in [4.69, 9.17) is 0 Å². The van der Waals surface area contributed by atoms with E-state index in [9.17, 15) is 4.79 Å². The first kappa shape index (κ1) is 17.5. The lowest BCUT2D eigenvalue weighted by Crippen LogP contribution is -2.48. The van der Waals surface area contributed by atoms with Crippen LogP contribution >= 0.6 is 0 Å². The lowest BCUT2D eigenvalue weighted by molar-refractivity contribution is -0.123. The summed E-state index contributed by atoms with van der Waals surface area (Å²) in [5.41, 5.74) is 0.0630. The van der Waals surface area contributed by atoms with Crippen LogP contribution in [0.2, 0.25) is 0 Å². The Kier molecular flexibility index (Phi) is 8.20. The summed E-state index contributed by atoms with van der Waals surface area (Å²) in [6, 6.07) is 0. The maximum Gasteiger partial charge on any atom is 0.221 e. The summed E-state index contributed by atoms with van der Waals surface area (Å²) in [5.74, 6) is 0.881. The van der Waals surface area contributed by atoms with E-state index in [0.29, 0.717) is 12.3 Å². The van der Waals surface area contributed by atoms with Gasteiger partial charge in [0, 0.05) is 18.5 Å². The van der Waals surface area contributed by atoms with Crippen molar-refractivity contribution in [2.75, 3.05) is 13.6 Å². The average molecular weight is 282 g/mol. The molecular formula is C17H34N2O. The van der Waals surface area contributed by atoms with Crippen molar-refractivity contribution in [3.05, 3.63) is 0 Å². The summed E-state index contributed by atoms with van der Waals surface area (Å²) in [6.45, 7) is 5.31. The van der Waals surface area contributed by atoms with Crippen molar-refractivity contribution in [3.63, 3.8) is 0 Å². The van der Waals surface area contributed by atoms with E-state index in [2.05, 4.69) is 24.5 Å². The highest BCUT2D eigenvalue weighted by Crippen LogP contribution is 2.30. The second-order valence-corrected chi connectivity index (χ2v) is 6.49. The summed E-state index contributed by atoms with van der Waals surface area (Å²) >= 11 is 0. The molecule has 0 aliphatic heterocycles. The number of hydrogen-bond acceptors (Lipinski definition) is 2. The highest BCUT2D eigenvalue weighted by Gasteiger charge is 2.32. The van der Waals surface area contributed by atoms with Gasteiger partial charge in [0.15, 0.2) is 0 Å². The van der Waals surface area contributed by atoms with Gasteiger partial charge in [-0.1, -0.05) is 52.4 Å². The van der Waals surface area contributed by atoms with Gasteiger partial charge < -0.3 is 10.6 Å². The van der Waals surface area contributed by atoms with Gasteiger partial charge in [-0.15, -0.1) is 0 Å². The van der Waals surface area contributed by atoms with E-state index >= 15 is 0 Å². The number of hydrogen-bond donors (Lipinski definition) is 2. The van der Waals surface area contributed by atoms with E-state index in [0.717, 1.165) is 25.8 Å². The van der Waals surface area contributed by atoms with Gasteiger partial charge in [0.1, 0.15) is 0 Å². The lowest BCUT2D eigenvalue weighted by Gasteiger charge is -2.36. The molecule has 3 heteroatoms. The fourth-order valence-corrected chi connectivity index (χ4v) is 3.32. The lowest BCUT2D eigenvalue weighted by atomic mass is 9.79. The van der Waals surface area contributed by atoms with Crippen molar-refractivity contribution < 1.29 is 4.79 Å². The molecule has 0 heterocycles. The molecule has 0 spiro atoms. The van der Waals surface area contributed by atoms with Crippen LogP contribution in [-0.4, -0.2) is 25.0 Å². The molecule has 0 saturated heterocycles. The molecule has 118 valence electrons. The fourth-order valence-electron chi connectivity index (χ4n) is 3.32. The molecule has 1 aliphatic rings. The minimum Gasteiger partial charge on any atom is -0.356 e. The Hall–Kier alpha value is -0.570. The zero-order valence-electron chi connectivity index (χ0n) is 13.8. The number of carbonyl (C=O) groups is 1. The van der Waals surface area contributed by atoms with Gasteiger partial charge in [0.2, 0.25) is 5.91 Å². The van der Waals surface area contributed by atoms with Crippen LogP contribution in [0.1, 0.15) is 78.1 Å². The first-order valence-electron chi connectivity index (χ1n) is 8.61. The number of amides is 1. The molecule has 20 heavy (non-hydrogen) atoms. The summed E-state index contributed by atoms with van der Waals surface area (Å²) in [7, 11) is 2.01. The van der Waals surface area contributed by atoms with Crippen molar-refractivity contribution >= 4 is 5.91 Å². The molecule has 3 nitrogen and oxygen atoms in total. The number of nitrogens with one attached hydrogen (secondary N) is 2. The van der Waals surface area contributed by atoms with Crippen LogP contribution in [0.15, 0.2) is 0 Å². The van der Waals surface area contributed by atoms with Crippen molar-refractivity contribution in [1.29, 1.82) is 0 Å². The second kappa shape index (κ2) is 9.38. The quantitative estimate of drug-likeness (QED) is 0.678. The van der Waals surface area contributed by atoms with Crippen LogP contribution in [-0.2, 0) is 4.79 Å². The maximum atomic E-state index is 12.2. The molecular weight excluding hydrogens is 248 g/mol. The van der Waals surface area contributed by atoms with Crippen molar-refractivity contribution in [2.24, 2.45) is 5.92 Å². The zero-order chi connectivity index (χ0) is 14.8. The van der Waals surface area contributed by atoms with E-state index in [1.807, 2.05) is 7.05 Å². The molecule has 0 bridgehead atoms. The maximum absolute atomic E-state index is 12.2. The van der Waals surface area contributed by atoms with Gasteiger partial charge in [-0.05, 0) is 32.2 Å². The second-order valence-electron chi connectivity index (χ2n) is 6.49. The number of rotatable bonds is 9. The van der Waals surface area contributed by atoms with E-state index in [-0.39, 0.29) is 11.4 Å². The molecule has 1 saturated carbocycles. The van der Waals surface area contributed by atoms with Crippen LogP contribution < -0.4 is 10.6 Å². The first-order chi connectivity index (χ1) is 9.65. The van der Waals surface area contributed by atoms with Crippen molar-refractivity contribution in [3.8, 4) is 0 Å². The Labute approximate surface area is 125 Å². The predicted molar refractivity (Wildman–Crippen MR) is 85.8 cm³/mol. The summed E-state index contributed by atoms with van der Waals surface area (Å²) < 4.78 is 0. The van der Waals surface area contributed by atoms with Gasteiger partial charge in [0.05, 0.1) is 0 Å². The Bertz CT molecular complexity index is 272. The standard InChI is InChI=1S/C17H34N2O/c1-4-6-10-15(5-2)14-19-16(20)13-17(18-3)11-8-7-9-12-17/h15,18H,4-14H2,1-3H3,(H,19,20). The Morgan fingerprint density at radius 1 is 1.20 bits per heavy atom. The van der Waals surface area contributed by atoms with E-state index in [1.54, 1.807) is 0 Å². The molecule has 1 aliphatic carbocycles. The third kappa shape index (κ3) is 5.82. The molecule has 1 rings (SSSR count). The van der Waals surface area contributed by atoms with Crippen molar-refractivity contribution in [2.45, 2.75) is 83.6 Å². The molecule has 1 atom stereocenters. The van der Waals surface area contributed by atoms with Gasteiger partial charge in [-0.3, -0.25) is 4.79 Å². The summed E-state index contributed by atoms with van der Waals surface area (Å²) in [4.78, 5) is 12.2. The number of unbranched alkanes of at least 4 members (excludes halogenated alkanes) is 1. The first-order valence-corrected chi connectivity index (χ1v) is 8.61. The molecule has 0 aromatic heterocycles. The third-order valence-electron chi connectivity index (χ3n) is 4.97. The van der Waals surface area contributed by atoms with Crippen LogP contribution in [0.25, 0.3) is 0 Å². The van der Waals surface area contributed by atoms with Crippen LogP contribution in [0.3, 0.4) is 0 Å². The SMILES string of the molecule is CCCCC(CC)CNC(=O)CC1(NC)CCCCC1. The Morgan fingerprint density at radius 2 is 1.90 bits per heavy atom. The monoisotopic (exact) mass is 282 g/mol. The van der Waals surface area contributed by atoms with Gasteiger partial charge in [-0.2, -0.15) is 0 Å². The van der Waals surface area contributed by atoms with Gasteiger partial charge in [-0.25, -0.2) is 0 Å². The number of carbonyl (C=O) groups excluding carboxylic acids is 1. The molecule has 1 fully saturated rings. The largest absolute Gasteiger partial charge is 0.356 e. The van der Waals surface area contributed by atoms with Gasteiger partial charge in [0.25, 0.3) is 0 Å². The van der Waals surface area contributed by atoms with Crippen LogP contribution in [0.5, 0.6) is 0 Å². The minimum atomic E-state index is 0.0630.